The molecule has 3 rings (SSSR count). The fourth-order valence-electron chi connectivity index (χ4n) is 4.48. The van der Waals surface area contributed by atoms with Crippen molar-refractivity contribution in [2.75, 3.05) is 6.61 Å². The van der Waals surface area contributed by atoms with Crippen LogP contribution >= 0.6 is 0 Å². The van der Waals surface area contributed by atoms with Crippen LogP contribution in [0.4, 0.5) is 0 Å². The molecule has 8 nitrogen and oxygen atoms in total. The zero-order chi connectivity index (χ0) is 20.5. The van der Waals surface area contributed by atoms with Gasteiger partial charge in [-0.3, -0.25) is 15.1 Å². The number of benzene rings is 1. The van der Waals surface area contributed by atoms with Crippen molar-refractivity contribution in [3.05, 3.63) is 39.9 Å². The predicted molar refractivity (Wildman–Crippen MR) is 102 cm³/mol. The van der Waals surface area contributed by atoms with Crippen molar-refractivity contribution >= 4 is 11.7 Å². The Balaban J connectivity index is 1.98. The summed E-state index contributed by atoms with van der Waals surface area (Å²) in [6.07, 6.45) is 2.09. The molecule has 2 bridgehead atoms. The Kier molecular flexibility index (Phi) is 5.43. The van der Waals surface area contributed by atoms with Crippen LogP contribution in [0, 0.1) is 16.0 Å². The lowest BCUT2D eigenvalue weighted by molar-refractivity contribution is -0.582. The number of carbonyl (C=O) groups is 1. The molecule has 1 aromatic rings. The molecule has 0 heterocycles. The molecule has 8 heteroatoms. The van der Waals surface area contributed by atoms with Crippen LogP contribution in [-0.4, -0.2) is 50.6 Å². The number of aliphatic hydroxyl groups is 1. The Hall–Kier alpha value is -2.48. The molecule has 0 aromatic heterocycles. The fraction of sp³-hybridized carbons (Fsp3) is 0.600. The third-order valence-corrected chi connectivity index (χ3v) is 6.06. The van der Waals surface area contributed by atoms with Gasteiger partial charge in [-0.05, 0) is 43.9 Å². The van der Waals surface area contributed by atoms with Crippen LogP contribution in [0.2, 0.25) is 0 Å². The maximum atomic E-state index is 12.5. The van der Waals surface area contributed by atoms with Crippen LogP contribution in [0.1, 0.15) is 45.1 Å². The van der Waals surface area contributed by atoms with E-state index < -0.39 is 28.1 Å². The van der Waals surface area contributed by atoms with Gasteiger partial charge in [0.15, 0.2) is 11.6 Å². The second-order valence-electron chi connectivity index (χ2n) is 7.84. The second kappa shape index (κ2) is 7.50. The number of nitrogens with zero attached hydrogens (tertiary/aromatic N) is 2. The number of rotatable bonds is 6. The molecule has 2 N–H and O–H groups in total. The molecule has 1 aromatic carbocycles. The summed E-state index contributed by atoms with van der Waals surface area (Å²) >= 11 is 0. The summed E-state index contributed by atoms with van der Waals surface area (Å²) in [4.78, 5) is 28.4. The second-order valence-corrected chi connectivity index (χ2v) is 7.84. The number of aromatic hydroxyl groups is 1. The van der Waals surface area contributed by atoms with Gasteiger partial charge in [-0.1, -0.05) is 12.1 Å². The highest BCUT2D eigenvalue weighted by molar-refractivity contribution is 6.00. The highest BCUT2D eigenvalue weighted by atomic mass is 16.6. The van der Waals surface area contributed by atoms with Gasteiger partial charge in [0.2, 0.25) is 0 Å². The van der Waals surface area contributed by atoms with E-state index in [2.05, 4.69) is 4.99 Å². The van der Waals surface area contributed by atoms with Gasteiger partial charge >= 0.3 is 5.97 Å². The van der Waals surface area contributed by atoms with Gasteiger partial charge < -0.3 is 14.9 Å². The minimum Gasteiger partial charge on any atom is -0.508 e. The zero-order valence-electron chi connectivity index (χ0n) is 16.1. The van der Waals surface area contributed by atoms with E-state index in [0.29, 0.717) is 18.6 Å². The minimum atomic E-state index is -1.65. The van der Waals surface area contributed by atoms with E-state index in [4.69, 9.17) is 4.74 Å². The molecule has 0 spiro atoms. The van der Waals surface area contributed by atoms with E-state index >= 15 is 0 Å². The van der Waals surface area contributed by atoms with Crippen LogP contribution in [-0.2, 0) is 16.0 Å². The molecular weight excluding hydrogens is 364 g/mol. The van der Waals surface area contributed by atoms with Crippen molar-refractivity contribution in [3.8, 4) is 5.75 Å². The molecule has 2 aliphatic carbocycles. The lowest BCUT2D eigenvalue weighted by Gasteiger charge is -2.35. The Bertz CT molecular complexity index is 792. The third kappa shape index (κ3) is 3.37. The predicted octanol–water partition coefficient (Wildman–Crippen LogP) is 2.28. The number of esters is 1. The van der Waals surface area contributed by atoms with Gasteiger partial charge in [0.05, 0.1) is 12.3 Å². The fourth-order valence-corrected chi connectivity index (χ4v) is 4.48. The number of hydrogen-bond acceptors (Lipinski definition) is 7. The molecule has 2 aliphatic rings. The molecule has 0 unspecified atom stereocenters. The van der Waals surface area contributed by atoms with Crippen molar-refractivity contribution in [1.29, 1.82) is 0 Å². The van der Waals surface area contributed by atoms with E-state index in [9.17, 15) is 25.1 Å². The molecule has 152 valence electrons. The quantitative estimate of drug-likeness (QED) is 0.436. The number of fused-ring (bicyclic) bond motifs is 2. The molecule has 0 saturated heterocycles. The summed E-state index contributed by atoms with van der Waals surface area (Å²) in [6, 6.07) is 5.51. The first-order valence-electron chi connectivity index (χ1n) is 9.61. The molecule has 0 radical (unpaired) electrons. The van der Waals surface area contributed by atoms with Crippen molar-refractivity contribution < 1.29 is 24.7 Å². The van der Waals surface area contributed by atoms with Crippen LogP contribution < -0.4 is 0 Å². The van der Waals surface area contributed by atoms with Gasteiger partial charge in [-0.25, -0.2) is 4.79 Å². The number of aliphatic imine (C=N–C) groups is 1. The number of ether oxygens (including phenoxy) is 1. The van der Waals surface area contributed by atoms with Crippen LogP contribution in [0.25, 0.3) is 0 Å². The summed E-state index contributed by atoms with van der Waals surface area (Å²) in [5, 5.41) is 32.5. The molecule has 0 aliphatic heterocycles. The first-order chi connectivity index (χ1) is 13.2. The molecule has 4 atom stereocenters. The van der Waals surface area contributed by atoms with Crippen molar-refractivity contribution in [2.24, 2.45) is 10.9 Å². The molecule has 2 saturated carbocycles. The Morgan fingerprint density at radius 1 is 1.43 bits per heavy atom. The summed E-state index contributed by atoms with van der Waals surface area (Å²) in [5.41, 5.74) is -2.04. The van der Waals surface area contributed by atoms with Crippen molar-refractivity contribution in [3.63, 3.8) is 0 Å². The number of phenols is 1. The minimum absolute atomic E-state index is 0.115. The van der Waals surface area contributed by atoms with Gasteiger partial charge in [-0.15, -0.1) is 0 Å². The zero-order valence-corrected chi connectivity index (χ0v) is 16.1. The van der Waals surface area contributed by atoms with Crippen molar-refractivity contribution in [1.82, 2.24) is 0 Å². The Morgan fingerprint density at radius 2 is 2.11 bits per heavy atom. The normalized spacial score (nSPS) is 31.5. The molecule has 2 fully saturated rings. The molecule has 0 amide bonds. The summed E-state index contributed by atoms with van der Waals surface area (Å²) in [6.45, 7) is 3.35. The SMILES string of the molecule is CCOC(=O)[C@H](Cc1ccc(O)cc1)N=C1[C@H]2CCC[C@]1(O)[C@@](C)([N+](=O)[O-])C2. The number of nitro groups is 1. The van der Waals surface area contributed by atoms with Gasteiger partial charge in [0.25, 0.3) is 5.54 Å². The highest BCUT2D eigenvalue weighted by Crippen LogP contribution is 2.51. The smallest absolute Gasteiger partial charge is 0.331 e. The topological polar surface area (TPSA) is 122 Å². The lowest BCUT2D eigenvalue weighted by Crippen LogP contribution is -2.57. The van der Waals surface area contributed by atoms with E-state index in [1.807, 2.05) is 0 Å². The Morgan fingerprint density at radius 3 is 2.71 bits per heavy atom. The first kappa shape index (κ1) is 20.3. The molecular formula is C20H26N2O6. The average Bonchev–Trinajstić information content (AvgIpc) is 2.76. The molecule has 28 heavy (non-hydrogen) atoms. The van der Waals surface area contributed by atoms with Crippen LogP contribution in [0.15, 0.2) is 29.3 Å². The van der Waals surface area contributed by atoms with Crippen LogP contribution in [0.5, 0.6) is 5.75 Å². The lowest BCUT2D eigenvalue weighted by atomic mass is 9.77. The Labute approximate surface area is 163 Å². The van der Waals surface area contributed by atoms with E-state index in [1.165, 1.54) is 19.1 Å². The first-order valence-corrected chi connectivity index (χ1v) is 9.61. The average molecular weight is 390 g/mol. The van der Waals surface area contributed by atoms with E-state index in [1.54, 1.807) is 19.1 Å². The third-order valence-electron chi connectivity index (χ3n) is 6.06. The van der Waals surface area contributed by atoms with Crippen molar-refractivity contribution in [2.45, 2.75) is 63.1 Å². The largest absolute Gasteiger partial charge is 0.508 e. The number of hydrogen-bond donors (Lipinski definition) is 2. The summed E-state index contributed by atoms with van der Waals surface area (Å²) < 4.78 is 5.15. The monoisotopic (exact) mass is 390 g/mol. The van der Waals surface area contributed by atoms with Gasteiger partial charge in [0, 0.05) is 30.6 Å². The standard InChI is InChI=1S/C20H26N2O6/c1-3-28-18(24)16(11-13-6-8-15(23)9-7-13)21-17-14-5-4-10-20(17,25)19(2,12-14)22(26)27/h6-9,14,16,23,25H,3-5,10-12H2,1-2H3/t14-,16-,19-,20+/m0/s1. The summed E-state index contributed by atoms with van der Waals surface area (Å²) in [7, 11) is 0. The summed E-state index contributed by atoms with van der Waals surface area (Å²) in [5.74, 6) is -0.630. The van der Waals surface area contributed by atoms with Gasteiger partial charge in [0.1, 0.15) is 5.75 Å². The van der Waals surface area contributed by atoms with Gasteiger partial charge in [-0.2, -0.15) is 0 Å². The number of carbonyl (C=O) groups excluding carboxylic acids is 1. The van der Waals surface area contributed by atoms with E-state index in [0.717, 1.165) is 5.56 Å². The maximum absolute atomic E-state index is 12.5. The van der Waals surface area contributed by atoms with E-state index in [-0.39, 0.29) is 37.5 Å². The maximum Gasteiger partial charge on any atom is 0.331 e. The van der Waals surface area contributed by atoms with Crippen LogP contribution in [0.3, 0.4) is 0 Å². The highest BCUT2D eigenvalue weighted by Gasteiger charge is 2.68. The number of phenolic OH excluding ortho intramolecular Hbond substituents is 1.